The van der Waals surface area contributed by atoms with Crippen molar-refractivity contribution >= 4 is 34.0 Å². The number of fused-ring (bicyclic) bond motifs is 1. The van der Waals surface area contributed by atoms with Gasteiger partial charge in [0.15, 0.2) is 5.65 Å². The van der Waals surface area contributed by atoms with E-state index in [4.69, 9.17) is 4.74 Å². The molecule has 0 saturated carbocycles. The predicted octanol–water partition coefficient (Wildman–Crippen LogP) is 3.30. The Morgan fingerprint density at radius 1 is 1.36 bits per heavy atom. The molecule has 28 heavy (non-hydrogen) atoms. The van der Waals surface area contributed by atoms with E-state index in [9.17, 15) is 4.79 Å². The van der Waals surface area contributed by atoms with Crippen molar-refractivity contribution in [3.63, 3.8) is 0 Å². The number of nitrogens with zero attached hydrogens (tertiary/aromatic N) is 5. The number of hydrogen-bond acceptors (Lipinski definition) is 6. The van der Waals surface area contributed by atoms with Gasteiger partial charge in [0.05, 0.1) is 29.2 Å². The highest BCUT2D eigenvalue weighted by atomic mass is 32.1. The number of aromatic nitrogens is 5. The summed E-state index contributed by atoms with van der Waals surface area (Å²) in [6, 6.07) is 6.08. The van der Waals surface area contributed by atoms with Crippen molar-refractivity contribution in [1.82, 2.24) is 24.5 Å². The molecule has 8 nitrogen and oxygen atoms in total. The second kappa shape index (κ2) is 7.91. The number of carbonyl (C=O) groups is 1. The van der Waals surface area contributed by atoms with Gasteiger partial charge >= 0.3 is 0 Å². The van der Waals surface area contributed by atoms with E-state index >= 15 is 0 Å². The quantitative estimate of drug-likeness (QED) is 0.518. The molecule has 0 unspecified atom stereocenters. The molecule has 144 valence electrons. The lowest BCUT2D eigenvalue weighted by Crippen LogP contribution is -2.19. The van der Waals surface area contributed by atoms with Crippen LogP contribution in [-0.2, 0) is 22.8 Å². The van der Waals surface area contributed by atoms with E-state index in [1.54, 1.807) is 39.3 Å². The first-order valence-electron chi connectivity index (χ1n) is 8.91. The molecule has 1 N–H and O–H groups in total. The first kappa shape index (κ1) is 18.3. The SMILES string of the molecule is CCOCn1cc(NC(=O)Cn2nc(C)c3c(-c4cccs4)ccnc32)cn1. The fourth-order valence-corrected chi connectivity index (χ4v) is 3.81. The summed E-state index contributed by atoms with van der Waals surface area (Å²) in [5.41, 5.74) is 3.25. The van der Waals surface area contributed by atoms with E-state index in [2.05, 4.69) is 26.6 Å². The lowest BCUT2D eigenvalue weighted by Gasteiger charge is -2.05. The Morgan fingerprint density at radius 3 is 3.04 bits per heavy atom. The summed E-state index contributed by atoms with van der Waals surface area (Å²) in [7, 11) is 0. The Hall–Kier alpha value is -3.04. The molecule has 4 aromatic heterocycles. The topological polar surface area (TPSA) is 86.9 Å². The minimum atomic E-state index is -0.191. The highest BCUT2D eigenvalue weighted by Crippen LogP contribution is 2.32. The van der Waals surface area contributed by atoms with Crippen LogP contribution in [0.5, 0.6) is 0 Å². The van der Waals surface area contributed by atoms with E-state index in [-0.39, 0.29) is 12.5 Å². The van der Waals surface area contributed by atoms with Crippen molar-refractivity contribution < 1.29 is 9.53 Å². The monoisotopic (exact) mass is 396 g/mol. The number of anilines is 1. The Labute approximate surface area is 165 Å². The maximum Gasteiger partial charge on any atom is 0.246 e. The van der Waals surface area contributed by atoms with Crippen molar-refractivity contribution in [3.8, 4) is 10.4 Å². The van der Waals surface area contributed by atoms with Gasteiger partial charge in [-0.2, -0.15) is 10.2 Å². The largest absolute Gasteiger partial charge is 0.360 e. The fraction of sp³-hybridized carbons (Fsp3) is 0.263. The lowest BCUT2D eigenvalue weighted by molar-refractivity contribution is -0.116. The van der Waals surface area contributed by atoms with Crippen LogP contribution in [0.4, 0.5) is 5.69 Å². The Morgan fingerprint density at radius 2 is 2.25 bits per heavy atom. The number of hydrogen-bond donors (Lipinski definition) is 1. The molecule has 0 saturated heterocycles. The third-order valence-electron chi connectivity index (χ3n) is 4.23. The first-order valence-corrected chi connectivity index (χ1v) is 9.79. The van der Waals surface area contributed by atoms with E-state index in [1.165, 1.54) is 0 Å². The number of nitrogens with one attached hydrogen (secondary N) is 1. The van der Waals surface area contributed by atoms with Gasteiger partial charge in [-0.15, -0.1) is 11.3 Å². The zero-order valence-electron chi connectivity index (χ0n) is 15.6. The molecular weight excluding hydrogens is 376 g/mol. The average molecular weight is 396 g/mol. The predicted molar refractivity (Wildman–Crippen MR) is 108 cm³/mol. The van der Waals surface area contributed by atoms with Gasteiger partial charge in [0.2, 0.25) is 5.91 Å². The van der Waals surface area contributed by atoms with E-state index in [0.717, 1.165) is 21.5 Å². The van der Waals surface area contributed by atoms with Crippen LogP contribution in [0.15, 0.2) is 42.2 Å². The summed E-state index contributed by atoms with van der Waals surface area (Å²) in [5, 5.41) is 14.6. The van der Waals surface area contributed by atoms with Gasteiger partial charge < -0.3 is 10.1 Å². The number of rotatable bonds is 7. The highest BCUT2D eigenvalue weighted by molar-refractivity contribution is 7.13. The summed E-state index contributed by atoms with van der Waals surface area (Å²) in [4.78, 5) is 18.1. The molecule has 1 amide bonds. The zero-order chi connectivity index (χ0) is 19.5. The third-order valence-corrected chi connectivity index (χ3v) is 5.14. The van der Waals surface area contributed by atoms with Crippen LogP contribution in [0.1, 0.15) is 12.6 Å². The minimum Gasteiger partial charge on any atom is -0.360 e. The second-order valence-corrected chi connectivity index (χ2v) is 7.16. The third kappa shape index (κ3) is 3.67. The normalized spacial score (nSPS) is 11.2. The van der Waals surface area contributed by atoms with Gasteiger partial charge in [-0.05, 0) is 31.4 Å². The number of thiophene rings is 1. The molecule has 4 aromatic rings. The van der Waals surface area contributed by atoms with Crippen LogP contribution in [0.25, 0.3) is 21.5 Å². The van der Waals surface area contributed by atoms with Crippen molar-refractivity contribution in [2.75, 3.05) is 11.9 Å². The number of amides is 1. The molecule has 0 bridgehead atoms. The lowest BCUT2D eigenvalue weighted by atomic mass is 10.1. The zero-order valence-corrected chi connectivity index (χ0v) is 16.4. The summed E-state index contributed by atoms with van der Waals surface area (Å²) in [6.45, 7) is 4.88. The Bertz CT molecular complexity index is 1100. The minimum absolute atomic E-state index is 0.0713. The summed E-state index contributed by atoms with van der Waals surface area (Å²) < 4.78 is 8.56. The van der Waals surface area contributed by atoms with E-state index in [1.807, 2.05) is 31.4 Å². The number of carbonyl (C=O) groups excluding carboxylic acids is 1. The van der Waals surface area contributed by atoms with Gasteiger partial charge in [-0.3, -0.25) is 4.79 Å². The second-order valence-electron chi connectivity index (χ2n) is 6.22. The van der Waals surface area contributed by atoms with Crippen LogP contribution in [0.3, 0.4) is 0 Å². The smallest absolute Gasteiger partial charge is 0.246 e. The van der Waals surface area contributed by atoms with Gasteiger partial charge in [-0.1, -0.05) is 6.07 Å². The number of ether oxygens (including phenoxy) is 1. The molecule has 0 fully saturated rings. The van der Waals surface area contributed by atoms with Gasteiger partial charge in [0.25, 0.3) is 0 Å². The molecule has 4 heterocycles. The molecular formula is C19H20N6O2S. The van der Waals surface area contributed by atoms with Crippen LogP contribution >= 0.6 is 11.3 Å². The average Bonchev–Trinajstić information content (AvgIpc) is 3.42. The molecule has 0 aliphatic carbocycles. The molecule has 0 aromatic carbocycles. The molecule has 0 atom stereocenters. The van der Waals surface area contributed by atoms with Crippen molar-refractivity contribution in [1.29, 1.82) is 0 Å². The van der Waals surface area contributed by atoms with E-state index in [0.29, 0.717) is 24.7 Å². The maximum atomic E-state index is 12.5. The molecule has 0 aliphatic rings. The Kier molecular flexibility index (Phi) is 5.18. The first-order chi connectivity index (χ1) is 13.7. The standard InChI is InChI=1S/C19H20N6O2S/c1-3-27-12-24-10-14(9-21-24)22-17(26)11-25-19-18(13(2)23-25)15(6-7-20-19)16-5-4-8-28-16/h4-10H,3,11-12H2,1-2H3,(H,22,26). The molecule has 9 heteroatoms. The van der Waals surface area contributed by atoms with Gasteiger partial charge in [0, 0.05) is 23.2 Å². The summed E-state index contributed by atoms with van der Waals surface area (Å²) in [6.07, 6.45) is 5.08. The summed E-state index contributed by atoms with van der Waals surface area (Å²) >= 11 is 1.67. The maximum absolute atomic E-state index is 12.5. The van der Waals surface area contributed by atoms with Crippen LogP contribution in [0.2, 0.25) is 0 Å². The fourth-order valence-electron chi connectivity index (χ4n) is 3.05. The number of pyridine rings is 1. The van der Waals surface area contributed by atoms with Crippen molar-refractivity contribution in [2.45, 2.75) is 27.1 Å². The van der Waals surface area contributed by atoms with Gasteiger partial charge in [-0.25, -0.2) is 14.3 Å². The van der Waals surface area contributed by atoms with Crippen LogP contribution < -0.4 is 5.32 Å². The van der Waals surface area contributed by atoms with E-state index < -0.39 is 0 Å². The van der Waals surface area contributed by atoms with Crippen molar-refractivity contribution in [2.24, 2.45) is 0 Å². The highest BCUT2D eigenvalue weighted by Gasteiger charge is 2.16. The molecule has 0 aliphatic heterocycles. The van der Waals surface area contributed by atoms with Crippen LogP contribution in [-0.4, -0.2) is 37.1 Å². The molecule has 4 rings (SSSR count). The number of aryl methyl sites for hydroxylation is 1. The van der Waals surface area contributed by atoms with Crippen molar-refractivity contribution in [3.05, 3.63) is 47.9 Å². The molecule has 0 spiro atoms. The molecule has 0 radical (unpaired) electrons. The van der Waals surface area contributed by atoms with Crippen LogP contribution in [0, 0.1) is 6.92 Å². The Balaban J connectivity index is 1.54. The summed E-state index contributed by atoms with van der Waals surface area (Å²) in [5.74, 6) is -0.191. The van der Waals surface area contributed by atoms with Gasteiger partial charge in [0.1, 0.15) is 13.3 Å².